The molecule has 0 aliphatic carbocycles. The van der Waals surface area contributed by atoms with Gasteiger partial charge in [0.25, 0.3) is 5.56 Å². The number of sulfonamides is 1. The summed E-state index contributed by atoms with van der Waals surface area (Å²) in [6.45, 7) is 6.30. The number of hydrogen-bond donors (Lipinski definition) is 1. The molecule has 0 saturated heterocycles. The van der Waals surface area contributed by atoms with Crippen molar-refractivity contribution < 1.29 is 8.42 Å². The van der Waals surface area contributed by atoms with E-state index in [1.807, 2.05) is 19.9 Å². The Kier molecular flexibility index (Phi) is 6.85. The van der Waals surface area contributed by atoms with Crippen molar-refractivity contribution >= 4 is 32.5 Å². The van der Waals surface area contributed by atoms with Crippen LogP contribution in [-0.2, 0) is 16.6 Å². The Hall–Kier alpha value is -2.26. The van der Waals surface area contributed by atoms with Gasteiger partial charge in [0.05, 0.1) is 33.9 Å². The van der Waals surface area contributed by atoms with Gasteiger partial charge in [-0.25, -0.2) is 13.4 Å². The Morgan fingerprint density at radius 2 is 1.84 bits per heavy atom. The van der Waals surface area contributed by atoms with E-state index in [4.69, 9.17) is 17.3 Å². The van der Waals surface area contributed by atoms with Gasteiger partial charge in [-0.1, -0.05) is 43.6 Å². The Bertz CT molecular complexity index is 1270. The summed E-state index contributed by atoms with van der Waals surface area (Å²) in [7, 11) is -3.38. The first-order valence-electron chi connectivity index (χ1n) is 10.00. The maximum absolute atomic E-state index is 13.4. The Morgan fingerprint density at radius 1 is 1.16 bits per heavy atom. The van der Waals surface area contributed by atoms with Gasteiger partial charge in [-0.05, 0) is 42.7 Å². The normalized spacial score (nSPS) is 13.3. The lowest BCUT2D eigenvalue weighted by atomic mass is 10.1. The molecule has 1 aromatic heterocycles. The molecule has 166 valence electrons. The molecule has 0 amide bonds. The fourth-order valence-corrected chi connectivity index (χ4v) is 4.69. The zero-order valence-electron chi connectivity index (χ0n) is 18.0. The molecule has 0 bridgehead atoms. The van der Waals surface area contributed by atoms with Crippen LogP contribution in [0.4, 0.5) is 0 Å². The van der Waals surface area contributed by atoms with Crippen LogP contribution >= 0.6 is 11.6 Å². The molecule has 31 heavy (non-hydrogen) atoms. The van der Waals surface area contributed by atoms with Crippen molar-refractivity contribution in [3.63, 3.8) is 0 Å². The molecule has 9 heteroatoms. The van der Waals surface area contributed by atoms with E-state index in [1.54, 1.807) is 43.3 Å². The van der Waals surface area contributed by atoms with E-state index >= 15 is 0 Å². The lowest BCUT2D eigenvalue weighted by Crippen LogP contribution is -2.33. The van der Waals surface area contributed by atoms with Crippen molar-refractivity contribution in [3.8, 4) is 5.69 Å². The molecule has 0 aliphatic heterocycles. The van der Waals surface area contributed by atoms with Crippen LogP contribution in [0, 0.1) is 5.92 Å². The molecule has 0 aliphatic rings. The Labute approximate surface area is 187 Å². The van der Waals surface area contributed by atoms with E-state index in [9.17, 15) is 13.2 Å². The summed E-state index contributed by atoms with van der Waals surface area (Å²) < 4.78 is 27.4. The molecule has 3 rings (SSSR count). The van der Waals surface area contributed by atoms with Gasteiger partial charge >= 0.3 is 0 Å². The second-order valence-corrected chi connectivity index (χ2v) is 10.5. The summed E-state index contributed by atoms with van der Waals surface area (Å²) in [5.41, 5.74) is 7.62. The third-order valence-electron chi connectivity index (χ3n) is 4.85. The second kappa shape index (κ2) is 9.08. The van der Waals surface area contributed by atoms with Crippen LogP contribution in [0.1, 0.15) is 38.2 Å². The highest BCUT2D eigenvalue weighted by Crippen LogP contribution is 2.23. The molecular weight excluding hydrogens is 436 g/mol. The van der Waals surface area contributed by atoms with Crippen molar-refractivity contribution in [2.24, 2.45) is 11.7 Å². The molecule has 1 heterocycles. The van der Waals surface area contributed by atoms with Gasteiger partial charge in [0.15, 0.2) is 0 Å². The third kappa shape index (κ3) is 5.15. The third-order valence-corrected chi connectivity index (χ3v) is 6.38. The summed E-state index contributed by atoms with van der Waals surface area (Å²) in [6, 6.07) is 11.8. The molecule has 2 N–H and O–H groups in total. The van der Waals surface area contributed by atoms with Crippen molar-refractivity contribution in [1.82, 2.24) is 13.9 Å². The van der Waals surface area contributed by atoms with Gasteiger partial charge < -0.3 is 5.73 Å². The Balaban J connectivity index is 2.16. The molecule has 7 nitrogen and oxygen atoms in total. The van der Waals surface area contributed by atoms with Crippen molar-refractivity contribution in [1.29, 1.82) is 0 Å². The number of halogens is 1. The van der Waals surface area contributed by atoms with Crippen LogP contribution in [0.15, 0.2) is 47.3 Å². The van der Waals surface area contributed by atoms with Crippen LogP contribution in [0.2, 0.25) is 5.02 Å². The van der Waals surface area contributed by atoms with Gasteiger partial charge in [0.1, 0.15) is 5.82 Å². The maximum atomic E-state index is 13.4. The number of benzene rings is 2. The van der Waals surface area contributed by atoms with E-state index in [2.05, 4.69) is 4.98 Å². The van der Waals surface area contributed by atoms with Crippen LogP contribution < -0.4 is 11.3 Å². The highest BCUT2D eigenvalue weighted by molar-refractivity contribution is 7.88. The summed E-state index contributed by atoms with van der Waals surface area (Å²) in [5.74, 6) is 0.580. The van der Waals surface area contributed by atoms with Crippen molar-refractivity contribution in [2.45, 2.75) is 33.4 Å². The van der Waals surface area contributed by atoms with E-state index in [-0.39, 0.29) is 18.0 Å². The van der Waals surface area contributed by atoms with Gasteiger partial charge in [0, 0.05) is 13.1 Å². The summed E-state index contributed by atoms with van der Waals surface area (Å²) >= 11 is 6.29. The molecule has 1 unspecified atom stereocenters. The number of nitrogens with zero attached hydrogens (tertiary/aromatic N) is 3. The van der Waals surface area contributed by atoms with E-state index in [0.29, 0.717) is 34.0 Å². The first-order chi connectivity index (χ1) is 14.5. The zero-order chi connectivity index (χ0) is 22.9. The van der Waals surface area contributed by atoms with Crippen LogP contribution in [0.5, 0.6) is 0 Å². The van der Waals surface area contributed by atoms with Crippen LogP contribution in [0.3, 0.4) is 0 Å². The topological polar surface area (TPSA) is 98.3 Å². The van der Waals surface area contributed by atoms with Gasteiger partial charge in [0.2, 0.25) is 10.0 Å². The predicted octanol–water partition coefficient (Wildman–Crippen LogP) is 3.48. The van der Waals surface area contributed by atoms with E-state index in [1.165, 1.54) is 15.1 Å². The molecule has 0 fully saturated rings. The lowest BCUT2D eigenvalue weighted by Gasteiger charge is -2.22. The number of fused-ring (bicyclic) bond motifs is 1. The highest BCUT2D eigenvalue weighted by Gasteiger charge is 2.20. The maximum Gasteiger partial charge on any atom is 0.267 e. The summed E-state index contributed by atoms with van der Waals surface area (Å²) in [4.78, 5) is 18.0. The fraction of sp³-hybridized carbons (Fsp3) is 0.364. The van der Waals surface area contributed by atoms with Gasteiger partial charge in [-0.3, -0.25) is 9.36 Å². The minimum Gasteiger partial charge on any atom is -0.322 e. The lowest BCUT2D eigenvalue weighted by molar-refractivity contribution is 0.365. The second-order valence-electron chi connectivity index (χ2n) is 8.15. The van der Waals surface area contributed by atoms with Crippen molar-refractivity contribution in [2.75, 3.05) is 12.8 Å². The average Bonchev–Trinajstić information content (AvgIpc) is 2.66. The Morgan fingerprint density at radius 3 is 2.45 bits per heavy atom. The number of nitrogens with two attached hydrogens (primary N) is 1. The standard InChI is InChI=1S/C22H27ClN4O3S/c1-14(2)12-26(31(4,29)30)13-16-7-5-8-17(11-16)27-21(15(3)24)25-19-10-6-9-18(23)20(19)22(27)28/h5-11,14-15H,12-13,24H2,1-4H3. The summed E-state index contributed by atoms with van der Waals surface area (Å²) in [5, 5.41) is 0.632. The quantitative estimate of drug-likeness (QED) is 0.579. The largest absolute Gasteiger partial charge is 0.322 e. The van der Waals surface area contributed by atoms with Crippen molar-refractivity contribution in [3.05, 3.63) is 69.2 Å². The molecule has 1 atom stereocenters. The SMILES string of the molecule is CC(C)CN(Cc1cccc(-n2c(C(C)N)nc3cccc(Cl)c3c2=O)c1)S(C)(=O)=O. The van der Waals surface area contributed by atoms with Gasteiger partial charge in [-0.15, -0.1) is 0 Å². The van der Waals surface area contributed by atoms with E-state index < -0.39 is 16.1 Å². The zero-order valence-corrected chi connectivity index (χ0v) is 19.6. The molecule has 2 aromatic carbocycles. The number of aromatic nitrogens is 2. The molecule has 3 aromatic rings. The van der Waals surface area contributed by atoms with Gasteiger partial charge in [-0.2, -0.15) is 4.31 Å². The van der Waals surface area contributed by atoms with Crippen LogP contribution in [0.25, 0.3) is 16.6 Å². The highest BCUT2D eigenvalue weighted by atomic mass is 35.5. The predicted molar refractivity (Wildman–Crippen MR) is 125 cm³/mol. The molecule has 0 spiro atoms. The molecule has 0 radical (unpaired) electrons. The molecular formula is C22H27ClN4O3S. The average molecular weight is 463 g/mol. The smallest absolute Gasteiger partial charge is 0.267 e. The fourth-order valence-electron chi connectivity index (χ4n) is 3.48. The minimum absolute atomic E-state index is 0.178. The first-order valence-corrected chi connectivity index (χ1v) is 12.2. The molecule has 0 saturated carbocycles. The van der Waals surface area contributed by atoms with E-state index in [0.717, 1.165) is 5.56 Å². The van der Waals surface area contributed by atoms with Crippen LogP contribution in [-0.4, -0.2) is 35.1 Å². The number of rotatable bonds is 7. The first kappa shape index (κ1) is 23.4. The summed E-state index contributed by atoms with van der Waals surface area (Å²) in [6.07, 6.45) is 1.20. The monoisotopic (exact) mass is 462 g/mol. The number of hydrogen-bond acceptors (Lipinski definition) is 5. The minimum atomic E-state index is -3.38.